The fraction of sp³-hybridized carbons (Fsp3) is 0.750. The zero-order valence-corrected chi connectivity index (χ0v) is 15.1. The molecule has 1 rings (SSSR count). The van der Waals surface area contributed by atoms with E-state index in [-0.39, 0.29) is 11.6 Å². The summed E-state index contributed by atoms with van der Waals surface area (Å²) in [6.07, 6.45) is 4.13. The number of hydrogen-bond acceptors (Lipinski definition) is 5. The Morgan fingerprint density at radius 1 is 1.43 bits per heavy atom. The van der Waals surface area contributed by atoms with Crippen molar-refractivity contribution in [2.45, 2.75) is 65.5 Å². The van der Waals surface area contributed by atoms with Crippen molar-refractivity contribution < 1.29 is 5.11 Å². The Morgan fingerprint density at radius 3 is 2.57 bits per heavy atom. The molecule has 21 heavy (non-hydrogen) atoms. The highest BCUT2D eigenvalue weighted by Crippen LogP contribution is 2.38. The molecule has 0 radical (unpaired) electrons. The number of nitrogens with zero attached hydrogens (tertiary/aromatic N) is 2. The molecule has 1 heterocycles. The second-order valence-corrected chi connectivity index (χ2v) is 7.68. The summed E-state index contributed by atoms with van der Waals surface area (Å²) in [6.45, 7) is 11.3. The van der Waals surface area contributed by atoms with Crippen LogP contribution in [0.4, 0.5) is 0 Å². The average molecular weight is 314 g/mol. The van der Waals surface area contributed by atoms with Crippen LogP contribution in [0.15, 0.2) is 21.7 Å². The van der Waals surface area contributed by atoms with Gasteiger partial charge in [-0.3, -0.25) is 5.84 Å². The molecule has 0 saturated carbocycles. The van der Waals surface area contributed by atoms with E-state index in [9.17, 15) is 5.11 Å². The minimum Gasteiger partial charge on any atom is -0.393 e. The van der Waals surface area contributed by atoms with Crippen LogP contribution in [0.25, 0.3) is 0 Å². The van der Waals surface area contributed by atoms with Crippen LogP contribution in [-0.4, -0.2) is 40.3 Å². The minimum absolute atomic E-state index is 0.197. The Kier molecular flexibility index (Phi) is 6.78. The van der Waals surface area contributed by atoms with Crippen molar-refractivity contribution >= 4 is 11.8 Å². The van der Waals surface area contributed by atoms with Gasteiger partial charge in [0.15, 0.2) is 0 Å². The number of hydrogen-bond donors (Lipinski definition) is 2. The lowest BCUT2D eigenvalue weighted by Crippen LogP contribution is -2.50. The molecule has 5 heteroatoms. The van der Waals surface area contributed by atoms with E-state index in [0.717, 1.165) is 13.0 Å². The van der Waals surface area contributed by atoms with Gasteiger partial charge in [0.05, 0.1) is 6.10 Å². The molecule has 1 aliphatic rings. The first kappa shape index (κ1) is 18.6. The van der Waals surface area contributed by atoms with Gasteiger partial charge in [0.25, 0.3) is 0 Å². The van der Waals surface area contributed by atoms with Crippen LogP contribution in [0.3, 0.4) is 0 Å². The SMILES string of the molecule is CCC1=C(CC(O)CC(C)(C)N(N)CC)SC(C)=CN1C. The topological polar surface area (TPSA) is 52.7 Å². The highest BCUT2D eigenvalue weighted by molar-refractivity contribution is 8.06. The fourth-order valence-electron chi connectivity index (χ4n) is 2.84. The third-order valence-electron chi connectivity index (χ3n) is 4.02. The molecule has 3 N–H and O–H groups in total. The lowest BCUT2D eigenvalue weighted by molar-refractivity contribution is 0.0556. The number of aliphatic hydroxyl groups excluding tert-OH is 1. The quantitative estimate of drug-likeness (QED) is 0.558. The number of aliphatic hydroxyl groups is 1. The first-order chi connectivity index (χ1) is 9.71. The molecule has 1 atom stereocenters. The van der Waals surface area contributed by atoms with Crippen molar-refractivity contribution in [2.75, 3.05) is 13.6 Å². The van der Waals surface area contributed by atoms with Crippen LogP contribution < -0.4 is 5.84 Å². The zero-order valence-electron chi connectivity index (χ0n) is 14.3. The van der Waals surface area contributed by atoms with E-state index in [2.05, 4.69) is 45.8 Å². The van der Waals surface area contributed by atoms with E-state index in [1.807, 2.05) is 6.92 Å². The summed E-state index contributed by atoms with van der Waals surface area (Å²) in [4.78, 5) is 4.73. The Balaban J connectivity index is 2.75. The Labute approximate surface area is 134 Å². The molecular weight excluding hydrogens is 282 g/mol. The van der Waals surface area contributed by atoms with E-state index >= 15 is 0 Å². The van der Waals surface area contributed by atoms with Crippen LogP contribution in [0, 0.1) is 0 Å². The second kappa shape index (κ2) is 7.68. The van der Waals surface area contributed by atoms with Gasteiger partial charge in [-0.25, -0.2) is 5.01 Å². The highest BCUT2D eigenvalue weighted by Gasteiger charge is 2.28. The highest BCUT2D eigenvalue weighted by atomic mass is 32.2. The van der Waals surface area contributed by atoms with Crippen LogP contribution in [0.5, 0.6) is 0 Å². The van der Waals surface area contributed by atoms with Crippen molar-refractivity contribution in [2.24, 2.45) is 5.84 Å². The summed E-state index contributed by atoms with van der Waals surface area (Å²) < 4.78 is 0. The summed E-state index contributed by atoms with van der Waals surface area (Å²) in [5, 5.41) is 12.3. The maximum atomic E-state index is 10.5. The van der Waals surface area contributed by atoms with Gasteiger partial charge in [-0.15, -0.1) is 0 Å². The molecule has 0 saturated heterocycles. The summed E-state index contributed by atoms with van der Waals surface area (Å²) in [6, 6.07) is 0. The van der Waals surface area contributed by atoms with Crippen molar-refractivity contribution in [1.29, 1.82) is 0 Å². The monoisotopic (exact) mass is 313 g/mol. The molecule has 0 fully saturated rings. The van der Waals surface area contributed by atoms with Gasteiger partial charge < -0.3 is 10.0 Å². The molecule has 0 aromatic heterocycles. The van der Waals surface area contributed by atoms with Crippen molar-refractivity contribution in [3.05, 3.63) is 21.7 Å². The average Bonchev–Trinajstić information content (AvgIpc) is 2.36. The Bertz CT molecular complexity index is 418. The molecule has 0 bridgehead atoms. The predicted molar refractivity (Wildman–Crippen MR) is 92.3 cm³/mol. The van der Waals surface area contributed by atoms with Gasteiger partial charge in [-0.1, -0.05) is 25.6 Å². The number of rotatable bonds is 7. The third kappa shape index (κ3) is 5.02. The molecule has 0 aromatic rings. The minimum atomic E-state index is -0.374. The van der Waals surface area contributed by atoms with E-state index < -0.39 is 0 Å². The smallest absolute Gasteiger partial charge is 0.0604 e. The van der Waals surface area contributed by atoms with Gasteiger partial charge in [-0.05, 0) is 33.6 Å². The maximum Gasteiger partial charge on any atom is 0.0604 e. The number of allylic oxidation sites excluding steroid dienone is 2. The Hall–Kier alpha value is -0.490. The molecule has 1 aliphatic heterocycles. The molecule has 0 aromatic carbocycles. The predicted octanol–water partition coefficient (Wildman–Crippen LogP) is 3.26. The summed E-state index contributed by atoms with van der Waals surface area (Å²) >= 11 is 1.79. The lowest BCUT2D eigenvalue weighted by atomic mass is 9.94. The van der Waals surface area contributed by atoms with Crippen molar-refractivity contribution in [3.63, 3.8) is 0 Å². The molecular formula is C16H31N3OS. The van der Waals surface area contributed by atoms with Gasteiger partial charge in [0.1, 0.15) is 0 Å². The normalized spacial score (nSPS) is 18.3. The summed E-state index contributed by atoms with van der Waals surface area (Å²) in [5.41, 5.74) is 1.11. The van der Waals surface area contributed by atoms with Gasteiger partial charge in [0, 0.05) is 47.3 Å². The summed E-state index contributed by atoms with van der Waals surface area (Å²) in [7, 11) is 2.08. The standard InChI is InChI=1S/C16H31N3OS/c1-7-14-15(21-12(3)11-18(14)6)9-13(20)10-16(4,5)19(17)8-2/h11,13,20H,7-10,17H2,1-6H3. The second-order valence-electron chi connectivity index (χ2n) is 6.34. The van der Waals surface area contributed by atoms with E-state index in [1.165, 1.54) is 15.5 Å². The largest absolute Gasteiger partial charge is 0.393 e. The fourth-order valence-corrected chi connectivity index (χ4v) is 4.12. The first-order valence-corrected chi connectivity index (χ1v) is 8.54. The maximum absolute atomic E-state index is 10.5. The third-order valence-corrected chi connectivity index (χ3v) is 5.09. The molecule has 0 amide bonds. The summed E-state index contributed by atoms with van der Waals surface area (Å²) in [5.74, 6) is 6.02. The van der Waals surface area contributed by atoms with Crippen LogP contribution in [-0.2, 0) is 0 Å². The number of hydrazine groups is 1. The van der Waals surface area contributed by atoms with E-state index in [0.29, 0.717) is 12.8 Å². The molecule has 122 valence electrons. The van der Waals surface area contributed by atoms with Crippen molar-refractivity contribution in [3.8, 4) is 0 Å². The Morgan fingerprint density at radius 2 is 2.05 bits per heavy atom. The zero-order chi connectivity index (χ0) is 16.2. The molecule has 4 nitrogen and oxygen atoms in total. The van der Waals surface area contributed by atoms with Gasteiger partial charge in [0.2, 0.25) is 0 Å². The van der Waals surface area contributed by atoms with Crippen molar-refractivity contribution in [1.82, 2.24) is 9.91 Å². The lowest BCUT2D eigenvalue weighted by Gasteiger charge is -2.36. The molecule has 1 unspecified atom stereocenters. The number of thioether (sulfide) groups is 1. The van der Waals surface area contributed by atoms with Gasteiger partial charge in [-0.2, -0.15) is 0 Å². The molecule has 0 aliphatic carbocycles. The van der Waals surface area contributed by atoms with E-state index in [1.54, 1.807) is 16.8 Å². The van der Waals surface area contributed by atoms with Gasteiger partial charge >= 0.3 is 0 Å². The van der Waals surface area contributed by atoms with Crippen LogP contribution in [0.1, 0.15) is 53.9 Å². The van der Waals surface area contributed by atoms with Crippen LogP contribution >= 0.6 is 11.8 Å². The van der Waals surface area contributed by atoms with E-state index in [4.69, 9.17) is 5.84 Å². The first-order valence-electron chi connectivity index (χ1n) is 7.72. The molecule has 0 spiro atoms. The number of nitrogens with two attached hydrogens (primary N) is 1. The van der Waals surface area contributed by atoms with Crippen LogP contribution in [0.2, 0.25) is 0 Å².